The molecule has 0 fully saturated rings. The van der Waals surface area contributed by atoms with Crippen LogP contribution in [0.25, 0.3) is 17.2 Å². The quantitative estimate of drug-likeness (QED) is 0.653. The number of fused-ring (bicyclic) bond motifs is 1. The van der Waals surface area contributed by atoms with Crippen LogP contribution in [0.1, 0.15) is 16.7 Å². The van der Waals surface area contributed by atoms with Crippen LogP contribution < -0.4 is 0 Å². The van der Waals surface area contributed by atoms with E-state index in [1.165, 1.54) is 27.8 Å². The molecule has 0 saturated heterocycles. The van der Waals surface area contributed by atoms with Gasteiger partial charge in [-0.3, -0.25) is 0 Å². The van der Waals surface area contributed by atoms with Crippen LogP contribution >= 0.6 is 0 Å². The van der Waals surface area contributed by atoms with Gasteiger partial charge in [0.05, 0.1) is 0 Å². The molecular formula is C16H13. The highest BCUT2D eigenvalue weighted by atomic mass is 14.1. The highest BCUT2D eigenvalue weighted by Gasteiger charge is 2.10. The minimum atomic E-state index is 1.30. The van der Waals surface area contributed by atoms with Crippen molar-refractivity contribution in [1.82, 2.24) is 0 Å². The van der Waals surface area contributed by atoms with Gasteiger partial charge in [0.1, 0.15) is 0 Å². The van der Waals surface area contributed by atoms with E-state index in [9.17, 15) is 0 Å². The maximum atomic E-state index is 2.24. The molecule has 0 nitrogen and oxygen atoms in total. The van der Waals surface area contributed by atoms with Crippen molar-refractivity contribution in [1.29, 1.82) is 0 Å². The maximum Gasteiger partial charge on any atom is 0.0131 e. The van der Waals surface area contributed by atoms with Crippen molar-refractivity contribution in [2.75, 3.05) is 0 Å². The van der Waals surface area contributed by atoms with Crippen molar-refractivity contribution in [2.45, 2.75) is 6.92 Å². The number of hydrogen-bond acceptors (Lipinski definition) is 0. The van der Waals surface area contributed by atoms with Gasteiger partial charge in [-0.1, -0.05) is 60.2 Å². The SMILES string of the molecule is Cc1cccc(-c2cccc3c2C=C[CH]3)c1. The van der Waals surface area contributed by atoms with Gasteiger partial charge in [-0.15, -0.1) is 0 Å². The van der Waals surface area contributed by atoms with Crippen LogP contribution in [-0.2, 0) is 0 Å². The number of aryl methyl sites for hydroxylation is 1. The third-order valence-corrected chi connectivity index (χ3v) is 3.01. The summed E-state index contributed by atoms with van der Waals surface area (Å²) >= 11 is 0. The highest BCUT2D eigenvalue weighted by Crippen LogP contribution is 2.32. The normalized spacial score (nSPS) is 12.8. The first-order chi connectivity index (χ1) is 7.84. The second-order valence-corrected chi connectivity index (χ2v) is 4.20. The summed E-state index contributed by atoms with van der Waals surface area (Å²) in [4.78, 5) is 0. The molecule has 0 heteroatoms. The smallest absolute Gasteiger partial charge is 0.0131 e. The molecule has 0 spiro atoms. The Labute approximate surface area is 96.3 Å². The van der Waals surface area contributed by atoms with Crippen LogP contribution in [0.15, 0.2) is 48.5 Å². The minimum Gasteiger partial charge on any atom is -0.0754 e. The van der Waals surface area contributed by atoms with Gasteiger partial charge in [0.25, 0.3) is 0 Å². The molecule has 0 heterocycles. The second kappa shape index (κ2) is 3.64. The number of hydrogen-bond donors (Lipinski definition) is 0. The molecule has 0 saturated carbocycles. The lowest BCUT2D eigenvalue weighted by Crippen LogP contribution is -1.86. The molecule has 77 valence electrons. The third kappa shape index (κ3) is 1.47. The van der Waals surface area contributed by atoms with Crippen molar-refractivity contribution in [3.63, 3.8) is 0 Å². The predicted molar refractivity (Wildman–Crippen MR) is 69.1 cm³/mol. The van der Waals surface area contributed by atoms with E-state index >= 15 is 0 Å². The molecule has 0 aromatic heterocycles. The Morgan fingerprint density at radius 1 is 0.938 bits per heavy atom. The lowest BCUT2D eigenvalue weighted by atomic mass is 9.96. The van der Waals surface area contributed by atoms with Crippen LogP contribution in [0.5, 0.6) is 0 Å². The van der Waals surface area contributed by atoms with Gasteiger partial charge in [0, 0.05) is 6.42 Å². The molecule has 0 amide bonds. The Kier molecular flexibility index (Phi) is 2.14. The lowest BCUT2D eigenvalue weighted by Gasteiger charge is -2.08. The Hall–Kier alpha value is -1.82. The fourth-order valence-corrected chi connectivity index (χ4v) is 2.23. The fourth-order valence-electron chi connectivity index (χ4n) is 2.23. The molecule has 1 aliphatic carbocycles. The van der Waals surface area contributed by atoms with Crippen molar-refractivity contribution >= 4 is 6.08 Å². The number of benzene rings is 2. The molecule has 16 heavy (non-hydrogen) atoms. The maximum absolute atomic E-state index is 2.24. The van der Waals surface area contributed by atoms with Crippen LogP contribution in [0, 0.1) is 13.3 Å². The minimum absolute atomic E-state index is 1.30. The zero-order valence-electron chi connectivity index (χ0n) is 9.27. The van der Waals surface area contributed by atoms with Gasteiger partial charge in [-0.2, -0.15) is 0 Å². The molecule has 1 radical (unpaired) electrons. The highest BCUT2D eigenvalue weighted by molar-refractivity contribution is 5.81. The molecule has 2 aromatic rings. The number of allylic oxidation sites excluding steroid dienone is 1. The van der Waals surface area contributed by atoms with E-state index in [0.717, 1.165) is 0 Å². The van der Waals surface area contributed by atoms with Gasteiger partial charge in [-0.25, -0.2) is 0 Å². The topological polar surface area (TPSA) is 0 Å². The van der Waals surface area contributed by atoms with E-state index in [2.05, 4.69) is 68.0 Å². The van der Waals surface area contributed by atoms with Crippen LogP contribution in [0.4, 0.5) is 0 Å². The van der Waals surface area contributed by atoms with Gasteiger partial charge < -0.3 is 0 Å². The Bertz CT molecular complexity index is 562. The van der Waals surface area contributed by atoms with Crippen LogP contribution in [-0.4, -0.2) is 0 Å². The summed E-state index contributed by atoms with van der Waals surface area (Å²) in [5, 5.41) is 0. The van der Waals surface area contributed by atoms with Crippen molar-refractivity contribution in [2.24, 2.45) is 0 Å². The monoisotopic (exact) mass is 205 g/mol. The Morgan fingerprint density at radius 2 is 1.81 bits per heavy atom. The van der Waals surface area contributed by atoms with E-state index in [0.29, 0.717) is 0 Å². The van der Waals surface area contributed by atoms with Crippen LogP contribution in [0.2, 0.25) is 0 Å². The molecule has 0 aliphatic heterocycles. The largest absolute Gasteiger partial charge is 0.0754 e. The van der Waals surface area contributed by atoms with Crippen molar-refractivity contribution in [3.05, 3.63) is 71.7 Å². The molecule has 0 atom stereocenters. The average molecular weight is 205 g/mol. The summed E-state index contributed by atoms with van der Waals surface area (Å²) in [6, 6.07) is 15.1. The number of rotatable bonds is 1. The van der Waals surface area contributed by atoms with E-state index < -0.39 is 0 Å². The fraction of sp³-hybridized carbons (Fsp3) is 0.0625. The first kappa shape index (κ1) is 9.41. The van der Waals surface area contributed by atoms with E-state index in [-0.39, 0.29) is 0 Å². The summed E-state index contributed by atoms with van der Waals surface area (Å²) in [5.74, 6) is 0. The third-order valence-electron chi connectivity index (χ3n) is 3.01. The average Bonchev–Trinajstić information content (AvgIpc) is 2.76. The molecule has 1 aliphatic rings. The van der Waals surface area contributed by atoms with E-state index in [1.54, 1.807) is 0 Å². The molecular weight excluding hydrogens is 192 g/mol. The predicted octanol–water partition coefficient (Wildman–Crippen LogP) is 4.24. The molecule has 0 unspecified atom stereocenters. The van der Waals surface area contributed by atoms with Gasteiger partial charge in [0.15, 0.2) is 0 Å². The van der Waals surface area contributed by atoms with E-state index in [4.69, 9.17) is 0 Å². The second-order valence-electron chi connectivity index (χ2n) is 4.20. The Morgan fingerprint density at radius 3 is 2.69 bits per heavy atom. The zero-order chi connectivity index (χ0) is 11.0. The van der Waals surface area contributed by atoms with E-state index in [1.807, 2.05) is 0 Å². The molecule has 3 rings (SSSR count). The van der Waals surface area contributed by atoms with Gasteiger partial charge in [-0.05, 0) is 29.2 Å². The van der Waals surface area contributed by atoms with Crippen molar-refractivity contribution < 1.29 is 0 Å². The first-order valence-electron chi connectivity index (χ1n) is 5.56. The van der Waals surface area contributed by atoms with Crippen LogP contribution in [0.3, 0.4) is 0 Å². The Balaban J connectivity index is 2.21. The van der Waals surface area contributed by atoms with Gasteiger partial charge in [0.2, 0.25) is 0 Å². The molecule has 0 bridgehead atoms. The summed E-state index contributed by atoms with van der Waals surface area (Å²) in [6.45, 7) is 2.13. The lowest BCUT2D eigenvalue weighted by molar-refractivity contribution is 1.45. The summed E-state index contributed by atoms with van der Waals surface area (Å²) in [6.07, 6.45) is 6.46. The standard InChI is InChI=1S/C16H13/c1-12-5-2-8-14(11-12)16-10-4-7-13-6-3-9-15(13)16/h2-11H,1H3. The zero-order valence-corrected chi connectivity index (χ0v) is 9.27. The summed E-state index contributed by atoms with van der Waals surface area (Å²) < 4.78 is 0. The van der Waals surface area contributed by atoms with Gasteiger partial charge >= 0.3 is 0 Å². The summed E-state index contributed by atoms with van der Waals surface area (Å²) in [5.41, 5.74) is 6.59. The first-order valence-corrected chi connectivity index (χ1v) is 5.56. The molecule has 2 aromatic carbocycles. The summed E-state index contributed by atoms with van der Waals surface area (Å²) in [7, 11) is 0. The molecule has 0 N–H and O–H groups in total. The van der Waals surface area contributed by atoms with Crippen molar-refractivity contribution in [3.8, 4) is 11.1 Å².